The third-order valence-electron chi connectivity index (χ3n) is 4.14. The van der Waals surface area contributed by atoms with Gasteiger partial charge in [0.2, 0.25) is 5.91 Å². The number of carbonyl (C=O) groups is 1. The van der Waals surface area contributed by atoms with E-state index in [2.05, 4.69) is 30.1 Å². The molecule has 0 aliphatic carbocycles. The van der Waals surface area contributed by atoms with Gasteiger partial charge in [0.05, 0.1) is 4.90 Å². The van der Waals surface area contributed by atoms with Crippen LogP contribution in [0.5, 0.6) is 0 Å². The van der Waals surface area contributed by atoms with Crippen LogP contribution >= 0.6 is 0 Å². The Balaban J connectivity index is 0.000000283. The fourth-order valence-corrected chi connectivity index (χ4v) is 3.44. The van der Waals surface area contributed by atoms with Gasteiger partial charge in [-0.2, -0.15) is 8.42 Å². The highest BCUT2D eigenvalue weighted by molar-refractivity contribution is 7.85. The molecule has 0 radical (unpaired) electrons. The first-order chi connectivity index (χ1) is 13.0. The van der Waals surface area contributed by atoms with Crippen molar-refractivity contribution in [2.45, 2.75) is 39.5 Å². The zero-order chi connectivity index (χ0) is 21.5. The number of nitrogens with one attached hydrogen (secondary N) is 1. The highest BCUT2D eigenvalue weighted by Crippen LogP contribution is 2.21. The molecule has 1 amide bonds. The van der Waals surface area contributed by atoms with E-state index in [1.165, 1.54) is 13.0 Å². The second kappa shape index (κ2) is 10.1. The van der Waals surface area contributed by atoms with Crippen molar-refractivity contribution in [1.29, 1.82) is 0 Å². The summed E-state index contributed by atoms with van der Waals surface area (Å²) in [5, 5.41) is 2.78. The summed E-state index contributed by atoms with van der Waals surface area (Å²) in [4.78, 5) is 13.0. The van der Waals surface area contributed by atoms with Gasteiger partial charge in [0.15, 0.2) is 0 Å². The van der Waals surface area contributed by atoms with E-state index in [1.54, 1.807) is 19.9 Å². The lowest BCUT2D eigenvalue weighted by molar-refractivity contribution is -0.114. The summed E-state index contributed by atoms with van der Waals surface area (Å²) in [6.45, 7) is 11.1. The average Bonchev–Trinajstić information content (AvgIpc) is 2.58. The lowest BCUT2D eigenvalue weighted by Crippen LogP contribution is -2.21. The smallest absolute Gasteiger partial charge is 0.294 e. The van der Waals surface area contributed by atoms with Crippen molar-refractivity contribution >= 4 is 33.1 Å². The number of aryl methyl sites for hydroxylation is 2. The number of rotatable bonds is 5. The quantitative estimate of drug-likeness (QED) is 0.515. The predicted molar refractivity (Wildman–Crippen MR) is 114 cm³/mol. The van der Waals surface area contributed by atoms with E-state index in [9.17, 15) is 13.2 Å². The van der Waals surface area contributed by atoms with Gasteiger partial charge in [-0.15, -0.1) is 0 Å². The molecular formula is C20H29N3O4S. The third kappa shape index (κ3) is 6.86. The zero-order valence-electron chi connectivity index (χ0n) is 17.0. The van der Waals surface area contributed by atoms with Crippen LogP contribution in [0.1, 0.15) is 31.9 Å². The van der Waals surface area contributed by atoms with Gasteiger partial charge in [-0.25, -0.2) is 0 Å². The summed E-state index contributed by atoms with van der Waals surface area (Å²) in [6.07, 6.45) is 0. The van der Waals surface area contributed by atoms with Crippen LogP contribution in [0.4, 0.5) is 17.1 Å². The van der Waals surface area contributed by atoms with Crippen molar-refractivity contribution in [3.8, 4) is 0 Å². The molecule has 28 heavy (non-hydrogen) atoms. The Morgan fingerprint density at radius 1 is 1.11 bits per heavy atom. The van der Waals surface area contributed by atoms with Gasteiger partial charge >= 0.3 is 0 Å². The Morgan fingerprint density at radius 3 is 2.21 bits per heavy atom. The fourth-order valence-electron chi connectivity index (χ4n) is 2.70. The molecule has 0 bridgehead atoms. The van der Waals surface area contributed by atoms with E-state index >= 15 is 0 Å². The standard InChI is InChI=1S/C12H18N2O.C8H11NO3S/c1-4-14(5-2)12-8-6-7-11(9-12)13-10(3)15;1-5-3-6(2)8(4-7(5)9)13(10,11)12/h6-9H,4-5H2,1-3H3,(H,13,15);3-4H,9H2,1-2H3,(H,10,11,12). The lowest BCUT2D eigenvalue weighted by Gasteiger charge is -2.21. The van der Waals surface area contributed by atoms with E-state index in [1.807, 2.05) is 18.2 Å². The second-order valence-corrected chi connectivity index (χ2v) is 7.74. The van der Waals surface area contributed by atoms with Crippen LogP contribution in [-0.4, -0.2) is 32.0 Å². The van der Waals surface area contributed by atoms with Crippen molar-refractivity contribution in [3.05, 3.63) is 47.5 Å². The van der Waals surface area contributed by atoms with Crippen LogP contribution in [0.25, 0.3) is 0 Å². The van der Waals surface area contributed by atoms with Crippen molar-refractivity contribution < 1.29 is 17.8 Å². The predicted octanol–water partition coefficient (Wildman–Crippen LogP) is 3.62. The molecule has 7 nitrogen and oxygen atoms in total. The molecule has 2 aromatic rings. The Morgan fingerprint density at radius 2 is 1.71 bits per heavy atom. The Kier molecular flexibility index (Phi) is 8.46. The van der Waals surface area contributed by atoms with Crippen molar-refractivity contribution in [3.63, 3.8) is 0 Å². The van der Waals surface area contributed by atoms with Gasteiger partial charge in [-0.1, -0.05) is 12.1 Å². The molecule has 8 heteroatoms. The number of anilines is 3. The Labute approximate surface area is 167 Å². The van der Waals surface area contributed by atoms with Gasteiger partial charge < -0.3 is 16.0 Å². The molecular weight excluding hydrogens is 378 g/mol. The van der Waals surface area contributed by atoms with E-state index in [-0.39, 0.29) is 10.8 Å². The maximum absolute atomic E-state index is 10.9. The third-order valence-corrected chi connectivity index (χ3v) is 5.13. The Bertz CT molecular complexity index is 923. The normalized spacial score (nSPS) is 10.6. The van der Waals surface area contributed by atoms with Gasteiger partial charge in [0.25, 0.3) is 10.1 Å². The van der Waals surface area contributed by atoms with Crippen LogP contribution in [0, 0.1) is 13.8 Å². The first kappa shape index (κ1) is 23.5. The molecule has 4 N–H and O–H groups in total. The summed E-state index contributed by atoms with van der Waals surface area (Å²) in [6, 6.07) is 10.8. The zero-order valence-corrected chi connectivity index (χ0v) is 17.8. The molecule has 0 heterocycles. The van der Waals surface area contributed by atoms with E-state index < -0.39 is 10.1 Å². The molecule has 0 saturated heterocycles. The summed E-state index contributed by atoms with van der Waals surface area (Å²) >= 11 is 0. The summed E-state index contributed by atoms with van der Waals surface area (Å²) < 4.78 is 30.4. The number of benzene rings is 2. The van der Waals surface area contributed by atoms with Crippen LogP contribution in [0.15, 0.2) is 41.3 Å². The van der Waals surface area contributed by atoms with E-state index in [4.69, 9.17) is 10.3 Å². The van der Waals surface area contributed by atoms with Crippen LogP contribution in [-0.2, 0) is 14.9 Å². The van der Waals surface area contributed by atoms with Crippen molar-refractivity contribution in [2.75, 3.05) is 29.0 Å². The maximum atomic E-state index is 10.9. The molecule has 2 aromatic carbocycles. The van der Waals surface area contributed by atoms with Crippen LogP contribution in [0.3, 0.4) is 0 Å². The molecule has 0 atom stereocenters. The summed E-state index contributed by atoms with van der Waals surface area (Å²) in [7, 11) is -4.15. The minimum atomic E-state index is -4.15. The highest BCUT2D eigenvalue weighted by Gasteiger charge is 2.14. The van der Waals surface area contributed by atoms with Crippen LogP contribution in [0.2, 0.25) is 0 Å². The SMILES string of the molecule is CCN(CC)c1cccc(NC(C)=O)c1.Cc1cc(C)c(S(=O)(=O)O)cc1N. The molecule has 0 fully saturated rings. The largest absolute Gasteiger partial charge is 0.398 e. The summed E-state index contributed by atoms with van der Waals surface area (Å²) in [5.74, 6) is -0.0355. The first-order valence-electron chi connectivity index (χ1n) is 8.96. The molecule has 154 valence electrons. The second-order valence-electron chi connectivity index (χ2n) is 6.35. The molecule has 0 aromatic heterocycles. The molecule has 0 saturated carbocycles. The van der Waals surface area contributed by atoms with E-state index in [0.29, 0.717) is 11.3 Å². The van der Waals surface area contributed by atoms with E-state index in [0.717, 1.165) is 30.0 Å². The monoisotopic (exact) mass is 407 g/mol. The Hall–Kier alpha value is -2.58. The fraction of sp³-hybridized carbons (Fsp3) is 0.350. The van der Waals surface area contributed by atoms with Gasteiger partial charge in [-0.3, -0.25) is 9.35 Å². The molecule has 0 spiro atoms. The van der Waals surface area contributed by atoms with Gasteiger partial charge in [0.1, 0.15) is 0 Å². The average molecular weight is 408 g/mol. The molecule has 2 rings (SSSR count). The minimum absolute atomic E-state index is 0.0355. The van der Waals surface area contributed by atoms with Gasteiger partial charge in [-0.05, 0) is 63.1 Å². The number of amides is 1. The number of nitrogens with zero attached hydrogens (tertiary/aromatic N) is 1. The number of carbonyl (C=O) groups excluding carboxylic acids is 1. The van der Waals surface area contributed by atoms with Gasteiger partial charge in [0, 0.05) is 37.1 Å². The van der Waals surface area contributed by atoms with Crippen molar-refractivity contribution in [2.24, 2.45) is 0 Å². The van der Waals surface area contributed by atoms with Crippen LogP contribution < -0.4 is 16.0 Å². The maximum Gasteiger partial charge on any atom is 0.294 e. The number of hydrogen-bond donors (Lipinski definition) is 3. The number of hydrogen-bond acceptors (Lipinski definition) is 5. The topological polar surface area (TPSA) is 113 Å². The van der Waals surface area contributed by atoms with Crippen molar-refractivity contribution in [1.82, 2.24) is 0 Å². The highest BCUT2D eigenvalue weighted by atomic mass is 32.2. The molecule has 0 aliphatic rings. The minimum Gasteiger partial charge on any atom is -0.398 e. The number of nitrogens with two attached hydrogens (primary N) is 1. The molecule has 0 aliphatic heterocycles. The first-order valence-corrected chi connectivity index (χ1v) is 10.4. The molecule has 0 unspecified atom stereocenters. The lowest BCUT2D eigenvalue weighted by atomic mass is 10.1. The summed E-state index contributed by atoms with van der Waals surface area (Å²) in [5.41, 5.74) is 9.16. The number of nitrogen functional groups attached to an aromatic ring is 1.